The van der Waals surface area contributed by atoms with E-state index >= 15 is 0 Å². The summed E-state index contributed by atoms with van der Waals surface area (Å²) in [4.78, 5) is 33.7. The van der Waals surface area contributed by atoms with Gasteiger partial charge < -0.3 is 25.3 Å². The lowest BCUT2D eigenvalue weighted by molar-refractivity contribution is -0.135. The molecule has 0 fully saturated rings. The van der Waals surface area contributed by atoms with Crippen molar-refractivity contribution in [2.24, 2.45) is 10.7 Å². The molecule has 3 aliphatic rings. The van der Waals surface area contributed by atoms with E-state index in [2.05, 4.69) is 5.32 Å². The van der Waals surface area contributed by atoms with E-state index in [1.165, 1.54) is 4.90 Å². The van der Waals surface area contributed by atoms with Crippen LogP contribution in [0.1, 0.15) is 93.9 Å². The number of nitrogens with two attached hydrogens (primary N) is 1. The molecule has 2 amide bonds. The third-order valence-electron chi connectivity index (χ3n) is 8.52. The van der Waals surface area contributed by atoms with E-state index in [1.54, 1.807) is 25.3 Å². The number of methoxy groups -OCH3 is 1. The van der Waals surface area contributed by atoms with Crippen molar-refractivity contribution in [2.45, 2.75) is 89.1 Å². The van der Waals surface area contributed by atoms with E-state index in [0.717, 1.165) is 11.3 Å². The zero-order valence-electron chi connectivity index (χ0n) is 24.2. The molecule has 1 unspecified atom stereocenters. The van der Waals surface area contributed by atoms with Crippen LogP contribution >= 0.6 is 0 Å². The fourth-order valence-electron chi connectivity index (χ4n) is 6.38. The number of amides is 2. The quantitative estimate of drug-likeness (QED) is 0.520. The average Bonchev–Trinajstić information content (AvgIpc) is 3.18. The van der Waals surface area contributed by atoms with Crippen molar-refractivity contribution < 1.29 is 23.8 Å². The van der Waals surface area contributed by atoms with Crippen LogP contribution < -0.4 is 20.5 Å². The van der Waals surface area contributed by atoms with Crippen molar-refractivity contribution in [3.63, 3.8) is 0 Å². The number of carbonyl (C=O) groups excluding carboxylic acids is 2. The van der Waals surface area contributed by atoms with Gasteiger partial charge in [-0.3, -0.25) is 14.5 Å². The third-order valence-corrected chi connectivity index (χ3v) is 8.52. The van der Waals surface area contributed by atoms with Gasteiger partial charge in [-0.25, -0.2) is 4.99 Å². The molecular weight excluding hydrogens is 508 g/mol. The van der Waals surface area contributed by atoms with Gasteiger partial charge in [0.25, 0.3) is 5.91 Å². The lowest BCUT2D eigenvalue weighted by atomic mass is 9.85. The number of nitrogens with zero attached hydrogens (tertiary/aromatic N) is 2. The SMILES string of the molecule is CCC1(CC)CC(=O)N([C@H]2c3cc(C(=O)N[C@H]4CC(C)(C)Oc5ccccc54)ccc3OC2(C)COC)C(N)=N1. The van der Waals surface area contributed by atoms with Crippen LogP contribution in [0, 0.1) is 0 Å². The first-order valence-electron chi connectivity index (χ1n) is 14.0. The first-order valence-corrected chi connectivity index (χ1v) is 14.0. The van der Waals surface area contributed by atoms with Gasteiger partial charge >= 0.3 is 0 Å². The normalized spacial score (nSPS) is 26.2. The molecule has 0 saturated carbocycles. The van der Waals surface area contributed by atoms with Gasteiger partial charge in [0.15, 0.2) is 11.6 Å². The summed E-state index contributed by atoms with van der Waals surface area (Å²) in [7, 11) is 1.59. The minimum absolute atomic E-state index is 0.115. The Balaban J connectivity index is 1.50. The van der Waals surface area contributed by atoms with Crippen LogP contribution in [-0.2, 0) is 9.53 Å². The molecule has 5 rings (SSSR count). The number of para-hydroxylation sites is 1. The Kier molecular flexibility index (Phi) is 7.06. The van der Waals surface area contributed by atoms with Crippen molar-refractivity contribution in [3.8, 4) is 11.5 Å². The molecule has 214 valence electrons. The van der Waals surface area contributed by atoms with Crippen LogP contribution in [0.4, 0.5) is 0 Å². The number of carbonyl (C=O) groups is 2. The molecule has 0 spiro atoms. The second-order valence-electron chi connectivity index (χ2n) is 12.0. The topological polar surface area (TPSA) is 115 Å². The molecule has 0 bridgehead atoms. The van der Waals surface area contributed by atoms with Crippen molar-refractivity contribution in [1.29, 1.82) is 0 Å². The van der Waals surface area contributed by atoms with Gasteiger partial charge in [-0.05, 0) is 57.9 Å². The first kappa shape index (κ1) is 28.0. The van der Waals surface area contributed by atoms with Crippen LogP contribution in [-0.4, -0.2) is 53.1 Å². The minimum Gasteiger partial charge on any atom is -0.487 e. The van der Waals surface area contributed by atoms with Crippen LogP contribution in [0.3, 0.4) is 0 Å². The van der Waals surface area contributed by atoms with Crippen molar-refractivity contribution in [3.05, 3.63) is 59.2 Å². The second kappa shape index (κ2) is 10.1. The molecule has 3 heterocycles. The average molecular weight is 549 g/mol. The van der Waals surface area contributed by atoms with Crippen LogP contribution in [0.2, 0.25) is 0 Å². The largest absolute Gasteiger partial charge is 0.487 e. The van der Waals surface area contributed by atoms with Gasteiger partial charge in [0.2, 0.25) is 5.91 Å². The Morgan fingerprint density at radius 2 is 1.80 bits per heavy atom. The summed E-state index contributed by atoms with van der Waals surface area (Å²) in [5, 5.41) is 3.21. The standard InChI is InChI=1S/C31H40N4O5/c1-7-31(8-2)17-25(36)35(28(32)34-31)26-21-15-19(13-14-24(21)40-30(26,5)18-38-6)27(37)33-22-16-29(3,4)39-23-12-10-9-11-20(22)23/h9-15,22,26H,7-8,16-18H2,1-6H3,(H2,32,34)(H,33,37)/t22-,26-,30?/m0/s1. The van der Waals surface area contributed by atoms with E-state index in [4.69, 9.17) is 24.9 Å². The molecular formula is C31H40N4O5. The molecule has 3 atom stereocenters. The lowest BCUT2D eigenvalue weighted by Gasteiger charge is -2.42. The van der Waals surface area contributed by atoms with Crippen molar-refractivity contribution in [2.75, 3.05) is 13.7 Å². The van der Waals surface area contributed by atoms with E-state index < -0.39 is 22.8 Å². The van der Waals surface area contributed by atoms with Crippen molar-refractivity contribution >= 4 is 17.8 Å². The maximum atomic E-state index is 13.7. The van der Waals surface area contributed by atoms with Gasteiger partial charge in [0, 0.05) is 30.2 Å². The molecule has 3 N–H and O–H groups in total. The first-order chi connectivity index (χ1) is 18.9. The molecule has 0 aliphatic carbocycles. The molecule has 0 aromatic heterocycles. The fraction of sp³-hybridized carbons (Fsp3) is 0.516. The fourth-order valence-corrected chi connectivity index (χ4v) is 6.38. The van der Waals surface area contributed by atoms with Crippen LogP contribution in [0.25, 0.3) is 0 Å². The summed E-state index contributed by atoms with van der Waals surface area (Å²) in [6, 6.07) is 12.3. The van der Waals surface area contributed by atoms with Gasteiger partial charge in [0.05, 0.1) is 24.6 Å². The smallest absolute Gasteiger partial charge is 0.251 e. The predicted octanol–water partition coefficient (Wildman–Crippen LogP) is 4.66. The highest BCUT2D eigenvalue weighted by atomic mass is 16.5. The molecule has 0 radical (unpaired) electrons. The Morgan fingerprint density at radius 3 is 2.48 bits per heavy atom. The van der Waals surface area contributed by atoms with Gasteiger partial charge in [-0.1, -0.05) is 32.0 Å². The Labute approximate surface area is 236 Å². The summed E-state index contributed by atoms with van der Waals surface area (Å²) < 4.78 is 18.0. The maximum absolute atomic E-state index is 13.7. The number of ether oxygens (including phenoxy) is 3. The summed E-state index contributed by atoms with van der Waals surface area (Å²) in [5.41, 5.74) is 6.76. The lowest BCUT2D eigenvalue weighted by Crippen LogP contribution is -2.58. The molecule has 2 aromatic carbocycles. The van der Waals surface area contributed by atoms with E-state index in [1.807, 2.05) is 58.9 Å². The number of fused-ring (bicyclic) bond motifs is 2. The van der Waals surface area contributed by atoms with Crippen molar-refractivity contribution in [1.82, 2.24) is 10.2 Å². The van der Waals surface area contributed by atoms with E-state index in [-0.39, 0.29) is 36.8 Å². The number of hydrogen-bond donors (Lipinski definition) is 2. The van der Waals surface area contributed by atoms with Gasteiger partial charge in [0.1, 0.15) is 23.1 Å². The Morgan fingerprint density at radius 1 is 1.10 bits per heavy atom. The highest BCUT2D eigenvalue weighted by molar-refractivity contribution is 6.00. The number of nitrogens with one attached hydrogen (secondary N) is 1. The Bertz CT molecular complexity index is 1350. The molecule has 3 aliphatic heterocycles. The summed E-state index contributed by atoms with van der Waals surface area (Å²) in [6.45, 7) is 10.2. The highest BCUT2D eigenvalue weighted by Crippen LogP contribution is 2.49. The zero-order chi connectivity index (χ0) is 28.9. The third kappa shape index (κ3) is 4.80. The number of hydrogen-bond acceptors (Lipinski definition) is 7. The zero-order valence-corrected chi connectivity index (χ0v) is 24.2. The monoisotopic (exact) mass is 548 g/mol. The molecule has 0 saturated heterocycles. The highest BCUT2D eigenvalue weighted by Gasteiger charge is 2.53. The second-order valence-corrected chi connectivity index (χ2v) is 12.0. The molecule has 9 heteroatoms. The van der Waals surface area contributed by atoms with Gasteiger partial charge in [-0.2, -0.15) is 0 Å². The summed E-state index contributed by atoms with van der Waals surface area (Å²) >= 11 is 0. The minimum atomic E-state index is -0.927. The van der Waals surface area contributed by atoms with E-state index in [9.17, 15) is 9.59 Å². The summed E-state index contributed by atoms with van der Waals surface area (Å²) in [6.07, 6.45) is 2.32. The van der Waals surface area contributed by atoms with Crippen LogP contribution in [0.5, 0.6) is 11.5 Å². The van der Waals surface area contributed by atoms with Crippen LogP contribution in [0.15, 0.2) is 47.5 Å². The number of guanidine groups is 1. The molecule has 40 heavy (non-hydrogen) atoms. The molecule has 9 nitrogen and oxygen atoms in total. The number of rotatable bonds is 7. The maximum Gasteiger partial charge on any atom is 0.251 e. The van der Waals surface area contributed by atoms with E-state index in [0.29, 0.717) is 36.1 Å². The molecule has 2 aromatic rings. The predicted molar refractivity (Wildman–Crippen MR) is 152 cm³/mol. The Hall–Kier alpha value is -3.59. The number of benzene rings is 2. The number of aliphatic imine (C=N–C) groups is 1. The summed E-state index contributed by atoms with van der Waals surface area (Å²) in [5.74, 6) is 1.19. The van der Waals surface area contributed by atoms with Gasteiger partial charge in [-0.15, -0.1) is 0 Å².